The number of nitrogens with zero attached hydrogens (tertiary/aromatic N) is 1. The standard InChI is InChI=1S/C13H16FN3O2/c14-11(13(18)19)6-9-3-4-12(16-7-9)17-10-2-1-5-15-8-10/h3-4,6-7,10,15H,1-2,5,8H2,(H,16,17)(H,18,19)/t10-/m1/s1. The smallest absolute Gasteiger partial charge is 0.364 e. The summed E-state index contributed by atoms with van der Waals surface area (Å²) in [5.41, 5.74) is 0.423. The molecule has 1 aromatic heterocycles. The van der Waals surface area contributed by atoms with E-state index in [0.717, 1.165) is 32.0 Å². The summed E-state index contributed by atoms with van der Waals surface area (Å²) in [6, 6.07) is 3.70. The van der Waals surface area contributed by atoms with Crippen LogP contribution >= 0.6 is 0 Å². The van der Waals surface area contributed by atoms with Crippen molar-refractivity contribution in [2.45, 2.75) is 18.9 Å². The largest absolute Gasteiger partial charge is 0.476 e. The van der Waals surface area contributed by atoms with Crippen molar-refractivity contribution in [3.63, 3.8) is 0 Å². The second-order valence-corrected chi connectivity index (χ2v) is 4.46. The molecular weight excluding hydrogens is 249 g/mol. The third-order valence-electron chi connectivity index (χ3n) is 2.93. The van der Waals surface area contributed by atoms with Gasteiger partial charge in [-0.3, -0.25) is 0 Å². The van der Waals surface area contributed by atoms with Crippen LogP contribution in [0.2, 0.25) is 0 Å². The van der Waals surface area contributed by atoms with Gasteiger partial charge in [-0.2, -0.15) is 4.39 Å². The lowest BCUT2D eigenvalue weighted by Crippen LogP contribution is -2.38. The van der Waals surface area contributed by atoms with Gasteiger partial charge in [-0.1, -0.05) is 0 Å². The Morgan fingerprint density at radius 2 is 2.42 bits per heavy atom. The molecule has 1 atom stereocenters. The molecule has 1 aliphatic heterocycles. The minimum Gasteiger partial charge on any atom is -0.476 e. The van der Waals surface area contributed by atoms with E-state index in [4.69, 9.17) is 5.11 Å². The van der Waals surface area contributed by atoms with Crippen molar-refractivity contribution >= 4 is 17.9 Å². The Hall–Kier alpha value is -1.95. The highest BCUT2D eigenvalue weighted by atomic mass is 19.1. The van der Waals surface area contributed by atoms with E-state index in [1.165, 1.54) is 6.20 Å². The summed E-state index contributed by atoms with van der Waals surface area (Å²) in [5, 5.41) is 15.0. The zero-order valence-corrected chi connectivity index (χ0v) is 10.4. The van der Waals surface area contributed by atoms with E-state index in [0.29, 0.717) is 17.4 Å². The Morgan fingerprint density at radius 1 is 1.58 bits per heavy atom. The van der Waals surface area contributed by atoms with Crippen molar-refractivity contribution in [1.82, 2.24) is 10.3 Å². The van der Waals surface area contributed by atoms with E-state index in [1.54, 1.807) is 12.1 Å². The first-order chi connectivity index (χ1) is 9.15. The zero-order chi connectivity index (χ0) is 13.7. The molecule has 19 heavy (non-hydrogen) atoms. The van der Waals surface area contributed by atoms with Crippen LogP contribution in [0.1, 0.15) is 18.4 Å². The van der Waals surface area contributed by atoms with Gasteiger partial charge < -0.3 is 15.7 Å². The number of pyridine rings is 1. The fourth-order valence-corrected chi connectivity index (χ4v) is 1.97. The van der Waals surface area contributed by atoms with Crippen LogP contribution in [0.3, 0.4) is 0 Å². The van der Waals surface area contributed by atoms with Gasteiger partial charge >= 0.3 is 5.97 Å². The third kappa shape index (κ3) is 4.03. The summed E-state index contributed by atoms with van der Waals surface area (Å²) >= 11 is 0. The van der Waals surface area contributed by atoms with Crippen molar-refractivity contribution in [2.24, 2.45) is 0 Å². The van der Waals surface area contributed by atoms with Gasteiger partial charge in [0.05, 0.1) is 0 Å². The SMILES string of the molecule is O=C(O)C(F)=Cc1ccc(N[C@@H]2CCCNC2)nc1. The normalized spacial score (nSPS) is 20.1. The van der Waals surface area contributed by atoms with Crippen molar-refractivity contribution in [2.75, 3.05) is 18.4 Å². The van der Waals surface area contributed by atoms with Crippen molar-refractivity contribution in [1.29, 1.82) is 0 Å². The molecule has 5 nitrogen and oxygen atoms in total. The highest BCUT2D eigenvalue weighted by Crippen LogP contribution is 2.13. The molecule has 0 spiro atoms. The highest BCUT2D eigenvalue weighted by molar-refractivity contribution is 5.89. The molecule has 0 aliphatic carbocycles. The maximum atomic E-state index is 12.9. The number of carboxylic acid groups (broad SMARTS) is 1. The minimum absolute atomic E-state index is 0.346. The van der Waals surface area contributed by atoms with Gasteiger partial charge in [0.2, 0.25) is 5.83 Å². The Balaban J connectivity index is 1.98. The van der Waals surface area contributed by atoms with Gasteiger partial charge in [0.15, 0.2) is 0 Å². The molecule has 0 saturated carbocycles. The predicted molar refractivity (Wildman–Crippen MR) is 70.5 cm³/mol. The topological polar surface area (TPSA) is 74.2 Å². The number of aliphatic carboxylic acids is 1. The Labute approximate surface area is 110 Å². The van der Waals surface area contributed by atoms with Crippen molar-refractivity contribution in [3.8, 4) is 0 Å². The molecule has 2 rings (SSSR count). The van der Waals surface area contributed by atoms with E-state index >= 15 is 0 Å². The Morgan fingerprint density at radius 3 is 3.00 bits per heavy atom. The Bertz CT molecular complexity index is 467. The summed E-state index contributed by atoms with van der Waals surface area (Å²) in [7, 11) is 0. The maximum absolute atomic E-state index is 12.9. The van der Waals surface area contributed by atoms with Crippen LogP contribution < -0.4 is 10.6 Å². The molecule has 0 amide bonds. The molecule has 0 radical (unpaired) electrons. The molecule has 1 fully saturated rings. The molecule has 1 saturated heterocycles. The molecule has 2 heterocycles. The molecule has 0 bridgehead atoms. The van der Waals surface area contributed by atoms with Crippen LogP contribution in [0.4, 0.5) is 10.2 Å². The molecule has 1 aliphatic rings. The number of nitrogens with one attached hydrogen (secondary N) is 2. The quantitative estimate of drug-likeness (QED) is 0.722. The maximum Gasteiger partial charge on any atom is 0.364 e. The minimum atomic E-state index is -1.57. The number of halogens is 1. The molecule has 0 aromatic carbocycles. The van der Waals surface area contributed by atoms with Gasteiger partial charge in [-0.05, 0) is 43.2 Å². The van der Waals surface area contributed by atoms with Crippen LogP contribution in [-0.4, -0.2) is 35.2 Å². The predicted octanol–water partition coefficient (Wildman–Crippen LogP) is 1.64. The number of rotatable bonds is 4. The van der Waals surface area contributed by atoms with Gasteiger partial charge in [0.25, 0.3) is 0 Å². The van der Waals surface area contributed by atoms with Gasteiger partial charge in [0.1, 0.15) is 5.82 Å². The van der Waals surface area contributed by atoms with Gasteiger partial charge in [0, 0.05) is 18.8 Å². The summed E-state index contributed by atoms with van der Waals surface area (Å²) in [5.74, 6) is -2.06. The first-order valence-corrected chi connectivity index (χ1v) is 6.19. The second-order valence-electron chi connectivity index (χ2n) is 4.46. The lowest BCUT2D eigenvalue weighted by Gasteiger charge is -2.24. The summed E-state index contributed by atoms with van der Waals surface area (Å²) in [6.45, 7) is 1.95. The average molecular weight is 265 g/mol. The fraction of sp³-hybridized carbons (Fsp3) is 0.385. The van der Waals surface area contributed by atoms with E-state index in [9.17, 15) is 9.18 Å². The van der Waals surface area contributed by atoms with Gasteiger partial charge in [-0.25, -0.2) is 9.78 Å². The molecule has 102 valence electrons. The monoisotopic (exact) mass is 265 g/mol. The number of piperidine rings is 1. The number of anilines is 1. The Kier molecular flexibility index (Phi) is 4.46. The lowest BCUT2D eigenvalue weighted by atomic mass is 10.1. The summed E-state index contributed by atoms with van der Waals surface area (Å²) < 4.78 is 12.9. The fourth-order valence-electron chi connectivity index (χ4n) is 1.97. The van der Waals surface area contributed by atoms with E-state index < -0.39 is 11.8 Å². The highest BCUT2D eigenvalue weighted by Gasteiger charge is 2.12. The lowest BCUT2D eigenvalue weighted by molar-refractivity contribution is -0.134. The summed E-state index contributed by atoms with van der Waals surface area (Å²) in [6.07, 6.45) is 4.61. The number of carbonyl (C=O) groups is 1. The molecule has 1 aromatic rings. The third-order valence-corrected chi connectivity index (χ3v) is 2.93. The van der Waals surface area contributed by atoms with Crippen LogP contribution in [0.5, 0.6) is 0 Å². The van der Waals surface area contributed by atoms with Crippen molar-refractivity contribution in [3.05, 3.63) is 29.7 Å². The number of carboxylic acids is 1. The zero-order valence-electron chi connectivity index (χ0n) is 10.4. The van der Waals surface area contributed by atoms with Crippen molar-refractivity contribution < 1.29 is 14.3 Å². The van der Waals surface area contributed by atoms with E-state index in [1.807, 2.05) is 0 Å². The number of hydrogen-bond donors (Lipinski definition) is 3. The van der Waals surface area contributed by atoms with E-state index in [2.05, 4.69) is 15.6 Å². The number of aromatic nitrogens is 1. The number of hydrogen-bond acceptors (Lipinski definition) is 4. The van der Waals surface area contributed by atoms with Crippen LogP contribution in [0, 0.1) is 0 Å². The van der Waals surface area contributed by atoms with Crippen LogP contribution in [-0.2, 0) is 4.79 Å². The van der Waals surface area contributed by atoms with Crippen LogP contribution in [0.25, 0.3) is 6.08 Å². The summed E-state index contributed by atoms with van der Waals surface area (Å²) in [4.78, 5) is 14.5. The van der Waals surface area contributed by atoms with Gasteiger partial charge in [-0.15, -0.1) is 0 Å². The second kappa shape index (κ2) is 6.29. The molecule has 6 heteroatoms. The first-order valence-electron chi connectivity index (χ1n) is 6.19. The van der Waals surface area contributed by atoms with E-state index in [-0.39, 0.29) is 0 Å². The molecular formula is C13H16FN3O2. The first kappa shape index (κ1) is 13.5. The van der Waals surface area contributed by atoms with Crippen LogP contribution in [0.15, 0.2) is 24.2 Å². The average Bonchev–Trinajstić information content (AvgIpc) is 2.42. The molecule has 3 N–H and O–H groups in total. The molecule has 0 unspecified atom stereocenters.